The molecule has 3 aliphatic heterocycles. The zero-order valence-corrected chi connectivity index (χ0v) is 22.9. The second kappa shape index (κ2) is 11.3. The van der Waals surface area contributed by atoms with Gasteiger partial charge < -0.3 is 19.8 Å². The van der Waals surface area contributed by atoms with Crippen LogP contribution in [0, 0.1) is 5.41 Å². The summed E-state index contributed by atoms with van der Waals surface area (Å²) in [6.07, 6.45) is 15.0. The minimum atomic E-state index is -0.912. The molecule has 0 aromatic carbocycles. The number of nitrogens with zero attached hydrogens (tertiary/aromatic N) is 6. The molecule has 4 heterocycles. The monoisotopic (exact) mass is 504 g/mol. The van der Waals surface area contributed by atoms with Gasteiger partial charge >= 0.3 is 5.97 Å². The Morgan fingerprint density at radius 2 is 1.38 bits per heavy atom. The van der Waals surface area contributed by atoms with Crippen molar-refractivity contribution in [2.24, 2.45) is 5.41 Å². The Morgan fingerprint density at radius 3 is 1.81 bits per heavy atom. The summed E-state index contributed by atoms with van der Waals surface area (Å²) in [6, 6.07) is 0. The van der Waals surface area contributed by atoms with Crippen LogP contribution in [0.5, 0.6) is 0 Å². The van der Waals surface area contributed by atoms with Gasteiger partial charge in [0.05, 0.1) is 0 Å². The number of carboxylic acids is 1. The Morgan fingerprint density at radius 1 is 0.865 bits per heavy atom. The van der Waals surface area contributed by atoms with E-state index < -0.39 is 5.97 Å². The molecule has 3 fully saturated rings. The van der Waals surface area contributed by atoms with Crippen molar-refractivity contribution in [1.82, 2.24) is 15.0 Å². The van der Waals surface area contributed by atoms with Crippen molar-refractivity contribution in [2.75, 3.05) is 54.0 Å². The highest BCUT2D eigenvalue weighted by Gasteiger charge is 2.30. The lowest BCUT2D eigenvalue weighted by molar-refractivity contribution is -0.131. The van der Waals surface area contributed by atoms with Gasteiger partial charge in [-0.05, 0) is 56.6 Å². The van der Waals surface area contributed by atoms with Gasteiger partial charge in [0.2, 0.25) is 17.8 Å². The number of aliphatic carboxylic acids is 1. The van der Waals surface area contributed by atoms with Crippen LogP contribution in [0.1, 0.15) is 53.9 Å². The summed E-state index contributed by atoms with van der Waals surface area (Å²) < 4.78 is 0. The van der Waals surface area contributed by atoms with Crippen LogP contribution in [0.25, 0.3) is 0 Å². The largest absolute Gasteiger partial charge is 0.478 e. The van der Waals surface area contributed by atoms with Crippen molar-refractivity contribution in [3.63, 3.8) is 0 Å². The third-order valence-electron chi connectivity index (χ3n) is 6.91. The van der Waals surface area contributed by atoms with Crippen molar-refractivity contribution in [2.45, 2.75) is 53.9 Å². The number of hydrogen-bond donors (Lipinski definition) is 1. The molecule has 0 bridgehead atoms. The molecule has 4 aliphatic rings. The average Bonchev–Trinajstić information content (AvgIpc) is 3.70. The minimum absolute atomic E-state index is 0.260. The summed E-state index contributed by atoms with van der Waals surface area (Å²) in [4.78, 5) is 30.5. The molecule has 0 saturated carbocycles. The highest BCUT2D eigenvalue weighted by Crippen LogP contribution is 2.40. The number of carbonyl (C=O) groups is 1. The molecule has 0 spiro atoms. The van der Waals surface area contributed by atoms with Gasteiger partial charge in [-0.25, -0.2) is 4.79 Å². The van der Waals surface area contributed by atoms with E-state index in [1.165, 1.54) is 36.5 Å². The summed E-state index contributed by atoms with van der Waals surface area (Å²) in [5.74, 6) is 1.65. The van der Waals surface area contributed by atoms with Crippen molar-refractivity contribution >= 4 is 23.8 Å². The van der Waals surface area contributed by atoms with Crippen LogP contribution < -0.4 is 14.7 Å². The van der Waals surface area contributed by atoms with Gasteiger partial charge in [0.25, 0.3) is 0 Å². The van der Waals surface area contributed by atoms with Gasteiger partial charge in [0.1, 0.15) is 0 Å². The first kappa shape index (κ1) is 26.6. The number of rotatable bonds is 8. The van der Waals surface area contributed by atoms with E-state index in [0.717, 1.165) is 68.3 Å². The van der Waals surface area contributed by atoms with E-state index in [-0.39, 0.29) is 5.41 Å². The molecule has 0 unspecified atom stereocenters. The highest BCUT2D eigenvalue weighted by molar-refractivity contribution is 5.81. The molecule has 0 amide bonds. The van der Waals surface area contributed by atoms with E-state index in [0.29, 0.717) is 0 Å². The molecule has 1 aromatic heterocycles. The Labute approximate surface area is 220 Å². The van der Waals surface area contributed by atoms with Crippen LogP contribution in [-0.2, 0) is 4.79 Å². The Balaban J connectivity index is 0.000000183. The molecule has 198 valence electrons. The van der Waals surface area contributed by atoms with Crippen molar-refractivity contribution in [3.05, 3.63) is 58.7 Å². The quantitative estimate of drug-likeness (QED) is 0.303. The second-order valence-electron chi connectivity index (χ2n) is 11.0. The van der Waals surface area contributed by atoms with Gasteiger partial charge in [-0.3, -0.25) is 0 Å². The van der Waals surface area contributed by atoms with Gasteiger partial charge in [-0.2, -0.15) is 15.0 Å². The van der Waals surface area contributed by atoms with E-state index >= 15 is 0 Å². The summed E-state index contributed by atoms with van der Waals surface area (Å²) >= 11 is 0. The molecule has 0 atom stereocenters. The maximum Gasteiger partial charge on any atom is 0.328 e. The van der Waals surface area contributed by atoms with Crippen LogP contribution in [0.2, 0.25) is 0 Å². The molecule has 8 heteroatoms. The van der Waals surface area contributed by atoms with Crippen LogP contribution in [0.15, 0.2) is 58.7 Å². The first-order valence-corrected chi connectivity index (χ1v) is 13.3. The topological polar surface area (TPSA) is 85.0 Å². The SMILES string of the molecule is C1CN1c1nc(N2CC2)nc(N2CC2)n1.CC1=C(/C=C/C(C)=C/C=C/C(C)=C/C(=O)O)C(C)(C)CCC1. The first-order valence-electron chi connectivity index (χ1n) is 13.3. The standard InChI is InChI=1S/C20H28O2.C9H12N6/c1-15(8-6-9-16(2)14-19(21)22)11-12-18-17(3)10-7-13-20(18,4)5;1-2-13(1)7-10-8(14-3-4-14)12-9(11-7)15-5-6-15/h6,8-9,11-12,14H,7,10,13H2,1-5H3,(H,21,22);1-6H2/b9-6+,12-11+,15-8+,16-14+;. The summed E-state index contributed by atoms with van der Waals surface area (Å²) in [5, 5.41) is 8.65. The number of anilines is 3. The number of aromatic nitrogens is 3. The van der Waals surface area contributed by atoms with Gasteiger partial charge in [-0.15, -0.1) is 0 Å². The molecular formula is C29H40N6O2. The predicted octanol–water partition coefficient (Wildman–Crippen LogP) is 4.93. The zero-order valence-electron chi connectivity index (χ0n) is 22.9. The summed E-state index contributed by atoms with van der Waals surface area (Å²) in [7, 11) is 0. The summed E-state index contributed by atoms with van der Waals surface area (Å²) in [6.45, 7) is 17.2. The lowest BCUT2D eigenvalue weighted by Gasteiger charge is -2.32. The molecule has 1 aliphatic carbocycles. The summed E-state index contributed by atoms with van der Waals surface area (Å²) in [5.41, 5.74) is 5.09. The fourth-order valence-corrected chi connectivity index (χ4v) is 4.39. The van der Waals surface area contributed by atoms with E-state index in [9.17, 15) is 4.79 Å². The highest BCUT2D eigenvalue weighted by atomic mass is 16.4. The van der Waals surface area contributed by atoms with Gasteiger partial charge in [0.15, 0.2) is 0 Å². The molecule has 0 radical (unpaired) electrons. The zero-order chi connectivity index (χ0) is 26.6. The molecule has 1 N–H and O–H groups in total. The van der Waals surface area contributed by atoms with Crippen LogP contribution >= 0.6 is 0 Å². The van der Waals surface area contributed by atoms with Crippen LogP contribution in [0.3, 0.4) is 0 Å². The van der Waals surface area contributed by atoms with E-state index in [1.807, 2.05) is 12.2 Å². The third-order valence-corrected chi connectivity index (χ3v) is 6.91. The fourth-order valence-electron chi connectivity index (χ4n) is 4.39. The van der Waals surface area contributed by atoms with Crippen LogP contribution in [-0.4, -0.2) is 65.3 Å². The molecular weight excluding hydrogens is 464 g/mol. The smallest absolute Gasteiger partial charge is 0.328 e. The second-order valence-corrected chi connectivity index (χ2v) is 11.0. The molecule has 5 rings (SSSR count). The van der Waals surface area contributed by atoms with Gasteiger partial charge in [0, 0.05) is 45.3 Å². The Bertz CT molecular complexity index is 1090. The van der Waals surface area contributed by atoms with E-state index in [4.69, 9.17) is 5.11 Å². The predicted molar refractivity (Wildman–Crippen MR) is 150 cm³/mol. The van der Waals surface area contributed by atoms with E-state index in [1.54, 1.807) is 13.0 Å². The lowest BCUT2D eigenvalue weighted by Crippen LogP contribution is -2.19. The van der Waals surface area contributed by atoms with E-state index in [2.05, 4.69) is 69.5 Å². The van der Waals surface area contributed by atoms with Crippen molar-refractivity contribution < 1.29 is 9.90 Å². The number of hydrogen-bond acceptors (Lipinski definition) is 7. The van der Waals surface area contributed by atoms with Crippen LogP contribution in [0.4, 0.5) is 17.8 Å². The Kier molecular flexibility index (Phi) is 8.15. The van der Waals surface area contributed by atoms with Crippen molar-refractivity contribution in [3.8, 4) is 0 Å². The normalized spacial score (nSPS) is 20.9. The molecule has 37 heavy (non-hydrogen) atoms. The van der Waals surface area contributed by atoms with Gasteiger partial charge in [-0.1, -0.05) is 55.4 Å². The number of carboxylic acid groups (broad SMARTS) is 1. The minimum Gasteiger partial charge on any atom is -0.478 e. The Hall–Kier alpha value is -3.42. The average molecular weight is 505 g/mol. The molecule has 3 saturated heterocycles. The maximum absolute atomic E-state index is 10.5. The first-order chi connectivity index (χ1) is 17.6. The number of allylic oxidation sites excluding steroid dienone is 9. The fraction of sp³-hybridized carbons (Fsp3) is 0.517. The molecule has 1 aromatic rings. The third kappa shape index (κ3) is 8.03. The maximum atomic E-state index is 10.5. The van der Waals surface area contributed by atoms with Crippen molar-refractivity contribution in [1.29, 1.82) is 0 Å². The molecule has 8 nitrogen and oxygen atoms in total. The lowest BCUT2D eigenvalue weighted by atomic mass is 9.72.